The summed E-state index contributed by atoms with van der Waals surface area (Å²) >= 11 is 6.06. The summed E-state index contributed by atoms with van der Waals surface area (Å²) in [6.45, 7) is 4.09. The Morgan fingerprint density at radius 1 is 1.38 bits per heavy atom. The van der Waals surface area contributed by atoms with Gasteiger partial charge in [-0.05, 0) is 37.1 Å². The van der Waals surface area contributed by atoms with Crippen LogP contribution in [0.2, 0.25) is 5.02 Å². The van der Waals surface area contributed by atoms with Crippen molar-refractivity contribution in [2.45, 2.75) is 31.1 Å². The highest BCUT2D eigenvalue weighted by molar-refractivity contribution is 7.89. The predicted molar refractivity (Wildman–Crippen MR) is 86.2 cm³/mol. The van der Waals surface area contributed by atoms with Crippen LogP contribution in [0.5, 0.6) is 0 Å². The standard InChI is InChI=1S/C15H21ClN2O2S/c1-2-3-12-4-5-14(16)15(10-12)21(19,20)18-11-13-6-8-17-9-7-13/h4-6,10,17-18H,2-3,7-9,11H2,1H3. The minimum atomic E-state index is -3.57. The maximum absolute atomic E-state index is 12.4. The highest BCUT2D eigenvalue weighted by atomic mass is 35.5. The van der Waals surface area contributed by atoms with Crippen molar-refractivity contribution in [3.05, 3.63) is 40.4 Å². The first-order valence-electron chi connectivity index (χ1n) is 7.19. The number of halogens is 1. The fraction of sp³-hybridized carbons (Fsp3) is 0.467. The van der Waals surface area contributed by atoms with Crippen molar-refractivity contribution >= 4 is 21.6 Å². The van der Waals surface area contributed by atoms with E-state index in [2.05, 4.69) is 17.0 Å². The molecule has 0 saturated heterocycles. The van der Waals surface area contributed by atoms with Crippen molar-refractivity contribution in [3.63, 3.8) is 0 Å². The molecule has 0 spiro atoms. The SMILES string of the molecule is CCCc1ccc(Cl)c(S(=O)(=O)NCC2=CCNCC2)c1. The molecule has 1 aliphatic rings. The predicted octanol–water partition coefficient (Wildman–Crippen LogP) is 2.49. The zero-order valence-corrected chi connectivity index (χ0v) is 13.7. The second-order valence-corrected chi connectivity index (χ2v) is 7.30. The molecule has 1 heterocycles. The van der Waals surface area contributed by atoms with E-state index in [4.69, 9.17) is 11.6 Å². The van der Waals surface area contributed by atoms with Crippen LogP contribution in [0.3, 0.4) is 0 Å². The van der Waals surface area contributed by atoms with Crippen LogP contribution < -0.4 is 10.0 Å². The van der Waals surface area contributed by atoms with Gasteiger partial charge in [-0.3, -0.25) is 0 Å². The highest BCUT2D eigenvalue weighted by Gasteiger charge is 2.19. The van der Waals surface area contributed by atoms with Crippen LogP contribution in [0, 0.1) is 0 Å². The van der Waals surface area contributed by atoms with Crippen molar-refractivity contribution in [2.24, 2.45) is 0 Å². The van der Waals surface area contributed by atoms with Gasteiger partial charge in [0.1, 0.15) is 4.90 Å². The molecule has 116 valence electrons. The number of aryl methyl sites for hydroxylation is 1. The molecule has 2 rings (SSSR count). The van der Waals surface area contributed by atoms with E-state index in [1.165, 1.54) is 0 Å². The minimum Gasteiger partial charge on any atom is -0.313 e. The average molecular weight is 329 g/mol. The normalized spacial score (nSPS) is 15.8. The lowest BCUT2D eigenvalue weighted by Gasteiger charge is -2.15. The fourth-order valence-corrected chi connectivity index (χ4v) is 3.88. The molecule has 0 amide bonds. The lowest BCUT2D eigenvalue weighted by Crippen LogP contribution is -2.30. The van der Waals surface area contributed by atoms with Gasteiger partial charge >= 0.3 is 0 Å². The highest BCUT2D eigenvalue weighted by Crippen LogP contribution is 2.23. The number of rotatable bonds is 6. The van der Waals surface area contributed by atoms with E-state index in [-0.39, 0.29) is 9.92 Å². The van der Waals surface area contributed by atoms with E-state index in [1.807, 2.05) is 12.1 Å². The zero-order chi connectivity index (χ0) is 15.3. The van der Waals surface area contributed by atoms with Gasteiger partial charge < -0.3 is 5.32 Å². The summed E-state index contributed by atoms with van der Waals surface area (Å²) in [5.74, 6) is 0. The number of sulfonamides is 1. The van der Waals surface area contributed by atoms with Crippen molar-refractivity contribution in [1.82, 2.24) is 10.0 Å². The summed E-state index contributed by atoms with van der Waals surface area (Å²) in [5, 5.41) is 3.46. The molecule has 0 radical (unpaired) electrons. The van der Waals surface area contributed by atoms with Gasteiger partial charge in [0.25, 0.3) is 0 Å². The van der Waals surface area contributed by atoms with E-state index in [0.29, 0.717) is 6.54 Å². The Bertz CT molecular complexity index is 627. The summed E-state index contributed by atoms with van der Waals surface area (Å²) in [7, 11) is -3.57. The molecule has 1 aromatic carbocycles. The van der Waals surface area contributed by atoms with Crippen LogP contribution in [-0.2, 0) is 16.4 Å². The minimum absolute atomic E-state index is 0.171. The molecule has 1 aliphatic heterocycles. The van der Waals surface area contributed by atoms with E-state index < -0.39 is 10.0 Å². The van der Waals surface area contributed by atoms with Crippen LogP contribution in [0.15, 0.2) is 34.7 Å². The Balaban J connectivity index is 2.14. The Morgan fingerprint density at radius 2 is 2.19 bits per heavy atom. The average Bonchev–Trinajstić information content (AvgIpc) is 2.48. The quantitative estimate of drug-likeness (QED) is 0.789. The molecule has 1 aromatic rings. The maximum atomic E-state index is 12.4. The summed E-state index contributed by atoms with van der Waals surface area (Å²) in [6, 6.07) is 5.20. The van der Waals surface area contributed by atoms with Gasteiger partial charge in [-0.15, -0.1) is 0 Å². The molecule has 0 fully saturated rings. The number of hydrogen-bond donors (Lipinski definition) is 2. The van der Waals surface area contributed by atoms with Gasteiger partial charge in [0.05, 0.1) is 5.02 Å². The molecular weight excluding hydrogens is 308 g/mol. The lowest BCUT2D eigenvalue weighted by atomic mass is 10.1. The van der Waals surface area contributed by atoms with Gasteiger partial charge in [-0.25, -0.2) is 13.1 Å². The number of benzene rings is 1. The van der Waals surface area contributed by atoms with Gasteiger partial charge in [-0.2, -0.15) is 0 Å². The summed E-state index contributed by atoms with van der Waals surface area (Å²) < 4.78 is 27.5. The third-order valence-electron chi connectivity index (χ3n) is 3.47. The second kappa shape index (κ2) is 7.40. The van der Waals surface area contributed by atoms with Crippen molar-refractivity contribution < 1.29 is 8.42 Å². The van der Waals surface area contributed by atoms with Crippen LogP contribution in [0.1, 0.15) is 25.3 Å². The Morgan fingerprint density at radius 3 is 2.86 bits per heavy atom. The molecule has 6 heteroatoms. The summed E-state index contributed by atoms with van der Waals surface area (Å²) in [5.41, 5.74) is 2.10. The second-order valence-electron chi connectivity index (χ2n) is 5.16. The summed E-state index contributed by atoms with van der Waals surface area (Å²) in [6.07, 6.45) is 4.71. The lowest BCUT2D eigenvalue weighted by molar-refractivity contribution is 0.582. The maximum Gasteiger partial charge on any atom is 0.242 e. The van der Waals surface area contributed by atoms with E-state index >= 15 is 0 Å². The molecule has 0 atom stereocenters. The molecular formula is C15H21ClN2O2S. The Labute approximate surface area is 131 Å². The van der Waals surface area contributed by atoms with Crippen LogP contribution in [-0.4, -0.2) is 28.1 Å². The Kier molecular flexibility index (Phi) is 5.81. The van der Waals surface area contributed by atoms with Crippen molar-refractivity contribution in [3.8, 4) is 0 Å². The van der Waals surface area contributed by atoms with Gasteiger partial charge in [-0.1, -0.05) is 42.7 Å². The van der Waals surface area contributed by atoms with Gasteiger partial charge in [0.2, 0.25) is 10.0 Å². The Hall–Kier alpha value is -0.880. The molecule has 0 aromatic heterocycles. The molecule has 4 nitrogen and oxygen atoms in total. The fourth-order valence-electron chi connectivity index (χ4n) is 2.29. The van der Waals surface area contributed by atoms with Gasteiger partial charge in [0, 0.05) is 13.1 Å². The molecule has 0 saturated carbocycles. The first-order chi connectivity index (χ1) is 10.0. The third-order valence-corrected chi connectivity index (χ3v) is 5.35. The number of hydrogen-bond acceptors (Lipinski definition) is 3. The van der Waals surface area contributed by atoms with Crippen molar-refractivity contribution in [2.75, 3.05) is 19.6 Å². The first-order valence-corrected chi connectivity index (χ1v) is 9.06. The molecule has 21 heavy (non-hydrogen) atoms. The zero-order valence-electron chi connectivity index (χ0n) is 12.2. The first kappa shape index (κ1) is 16.5. The smallest absolute Gasteiger partial charge is 0.242 e. The number of nitrogens with one attached hydrogen (secondary N) is 2. The van der Waals surface area contributed by atoms with Crippen LogP contribution in [0.25, 0.3) is 0 Å². The van der Waals surface area contributed by atoms with Gasteiger partial charge in [0.15, 0.2) is 0 Å². The monoisotopic (exact) mass is 328 g/mol. The molecule has 0 unspecified atom stereocenters. The third kappa shape index (κ3) is 4.54. The van der Waals surface area contributed by atoms with Crippen LogP contribution >= 0.6 is 11.6 Å². The molecule has 0 bridgehead atoms. The molecule has 0 aliphatic carbocycles. The summed E-state index contributed by atoms with van der Waals surface area (Å²) in [4.78, 5) is 0.171. The van der Waals surface area contributed by atoms with E-state index in [9.17, 15) is 8.42 Å². The molecule has 2 N–H and O–H groups in total. The van der Waals surface area contributed by atoms with Crippen molar-refractivity contribution in [1.29, 1.82) is 0 Å². The van der Waals surface area contributed by atoms with E-state index in [1.54, 1.807) is 12.1 Å². The van der Waals surface area contributed by atoms with E-state index in [0.717, 1.165) is 43.5 Å². The largest absolute Gasteiger partial charge is 0.313 e. The topological polar surface area (TPSA) is 58.2 Å². The van der Waals surface area contributed by atoms with Crippen LogP contribution in [0.4, 0.5) is 0 Å².